The van der Waals surface area contributed by atoms with E-state index >= 15 is 0 Å². The Morgan fingerprint density at radius 1 is 1.15 bits per heavy atom. The minimum Gasteiger partial charge on any atom is -0.368 e. The number of nitrogens with zero attached hydrogens (tertiary/aromatic N) is 4. The lowest BCUT2D eigenvalue weighted by molar-refractivity contribution is 0.296. The normalized spacial score (nSPS) is 15.7. The van der Waals surface area contributed by atoms with Crippen LogP contribution in [0.3, 0.4) is 0 Å². The summed E-state index contributed by atoms with van der Waals surface area (Å²) in [4.78, 5) is 11.7. The Bertz CT molecular complexity index is 551. The molecule has 0 bridgehead atoms. The third-order valence-corrected chi connectivity index (χ3v) is 5.28. The molecular weight excluding hydrogens is 346 g/mol. The van der Waals surface area contributed by atoms with Gasteiger partial charge in [-0.05, 0) is 50.7 Å². The zero-order valence-corrected chi connectivity index (χ0v) is 17.3. The van der Waals surface area contributed by atoms with Crippen LogP contribution in [0.4, 0.5) is 5.69 Å². The van der Waals surface area contributed by atoms with Crippen LogP contribution in [0.25, 0.3) is 0 Å². The van der Waals surface area contributed by atoms with Crippen molar-refractivity contribution in [3.63, 3.8) is 0 Å². The zero-order chi connectivity index (χ0) is 18.8. The summed E-state index contributed by atoms with van der Waals surface area (Å²) in [5.41, 5.74) is 1.21. The van der Waals surface area contributed by atoms with Gasteiger partial charge in [-0.3, -0.25) is 4.99 Å². The Labute approximate surface area is 164 Å². The molecule has 1 aromatic rings. The van der Waals surface area contributed by atoms with Gasteiger partial charge >= 0.3 is 0 Å². The summed E-state index contributed by atoms with van der Waals surface area (Å²) in [6, 6.07) is 8.11. The van der Waals surface area contributed by atoms with Crippen molar-refractivity contribution in [1.82, 2.24) is 15.1 Å². The number of piperazine rings is 1. The first-order valence-corrected chi connectivity index (χ1v) is 10.2. The minimum atomic E-state index is 0.798. The first-order chi connectivity index (χ1) is 12.7. The van der Waals surface area contributed by atoms with E-state index in [0.717, 1.165) is 56.8 Å². The average molecular weight is 380 g/mol. The summed E-state index contributed by atoms with van der Waals surface area (Å²) >= 11 is 6.12. The van der Waals surface area contributed by atoms with Crippen molar-refractivity contribution in [3.05, 3.63) is 29.3 Å². The molecule has 0 amide bonds. The fourth-order valence-corrected chi connectivity index (χ4v) is 3.57. The van der Waals surface area contributed by atoms with E-state index < -0.39 is 0 Å². The molecule has 146 valence electrons. The van der Waals surface area contributed by atoms with Gasteiger partial charge in [0.1, 0.15) is 0 Å². The van der Waals surface area contributed by atoms with Crippen molar-refractivity contribution in [1.29, 1.82) is 0 Å². The monoisotopic (exact) mass is 379 g/mol. The molecule has 1 heterocycles. The SMILES string of the molecule is CCN(CC)CCCCNC(=NC)N1CCN(c2cccc(Cl)c2)CC1. The quantitative estimate of drug-likeness (QED) is 0.427. The molecule has 6 heteroatoms. The molecule has 1 aromatic carbocycles. The zero-order valence-electron chi connectivity index (χ0n) is 16.5. The molecular formula is C20H34ClN5. The number of unbranched alkanes of at least 4 members (excludes halogenated alkanes) is 1. The molecule has 0 spiro atoms. The largest absolute Gasteiger partial charge is 0.368 e. The maximum absolute atomic E-state index is 6.12. The summed E-state index contributed by atoms with van der Waals surface area (Å²) < 4.78 is 0. The molecule has 1 fully saturated rings. The predicted molar refractivity (Wildman–Crippen MR) is 114 cm³/mol. The topological polar surface area (TPSA) is 34.1 Å². The lowest BCUT2D eigenvalue weighted by Crippen LogP contribution is -2.52. The highest BCUT2D eigenvalue weighted by atomic mass is 35.5. The molecule has 0 saturated carbocycles. The highest BCUT2D eigenvalue weighted by molar-refractivity contribution is 6.30. The van der Waals surface area contributed by atoms with E-state index in [0.29, 0.717) is 0 Å². The Morgan fingerprint density at radius 3 is 2.50 bits per heavy atom. The van der Waals surface area contributed by atoms with Crippen molar-refractivity contribution in [2.24, 2.45) is 4.99 Å². The highest BCUT2D eigenvalue weighted by Crippen LogP contribution is 2.20. The maximum Gasteiger partial charge on any atom is 0.193 e. The standard InChI is InChI=1S/C20H34ClN5/c1-4-24(5-2)12-7-6-11-23-20(22-3)26-15-13-25(14-16-26)19-10-8-9-18(21)17-19/h8-10,17H,4-7,11-16H2,1-3H3,(H,22,23). The van der Waals surface area contributed by atoms with Gasteiger partial charge in [-0.2, -0.15) is 0 Å². The Balaban J connectivity index is 1.71. The average Bonchev–Trinajstić information content (AvgIpc) is 2.68. The van der Waals surface area contributed by atoms with Crippen LogP contribution in [-0.2, 0) is 0 Å². The van der Waals surface area contributed by atoms with E-state index in [2.05, 4.69) is 44.9 Å². The molecule has 0 atom stereocenters. The van der Waals surface area contributed by atoms with Gasteiger partial charge in [0.05, 0.1) is 0 Å². The van der Waals surface area contributed by atoms with Crippen molar-refractivity contribution < 1.29 is 0 Å². The third kappa shape index (κ3) is 6.36. The second kappa shape index (κ2) is 11.3. The van der Waals surface area contributed by atoms with Crippen molar-refractivity contribution in [2.45, 2.75) is 26.7 Å². The van der Waals surface area contributed by atoms with Gasteiger partial charge in [0, 0.05) is 50.5 Å². The first kappa shape index (κ1) is 20.8. The minimum absolute atomic E-state index is 0.798. The number of halogens is 1. The van der Waals surface area contributed by atoms with Gasteiger partial charge in [-0.15, -0.1) is 0 Å². The van der Waals surface area contributed by atoms with Crippen LogP contribution >= 0.6 is 11.6 Å². The van der Waals surface area contributed by atoms with Crippen LogP contribution in [0.1, 0.15) is 26.7 Å². The second-order valence-corrected chi connectivity index (χ2v) is 7.10. The molecule has 0 radical (unpaired) electrons. The number of nitrogens with one attached hydrogen (secondary N) is 1. The van der Waals surface area contributed by atoms with Gasteiger partial charge < -0.3 is 20.0 Å². The Hall–Kier alpha value is -1.46. The number of hydrogen-bond acceptors (Lipinski definition) is 3. The van der Waals surface area contributed by atoms with Gasteiger partial charge in [0.2, 0.25) is 0 Å². The smallest absolute Gasteiger partial charge is 0.193 e. The molecule has 0 unspecified atom stereocenters. The van der Waals surface area contributed by atoms with Crippen molar-refractivity contribution >= 4 is 23.2 Å². The van der Waals surface area contributed by atoms with Gasteiger partial charge in [-0.25, -0.2) is 0 Å². The van der Waals surface area contributed by atoms with E-state index in [1.54, 1.807) is 0 Å². The predicted octanol–water partition coefficient (Wildman–Crippen LogP) is 3.16. The number of hydrogen-bond donors (Lipinski definition) is 1. The number of benzene rings is 1. The van der Waals surface area contributed by atoms with Crippen molar-refractivity contribution in [3.8, 4) is 0 Å². The summed E-state index contributed by atoms with van der Waals surface area (Å²) in [5.74, 6) is 1.03. The molecule has 0 aromatic heterocycles. The van der Waals surface area contributed by atoms with Crippen LogP contribution in [0.5, 0.6) is 0 Å². The molecule has 1 saturated heterocycles. The second-order valence-electron chi connectivity index (χ2n) is 6.66. The molecule has 1 aliphatic heterocycles. The molecule has 1 aliphatic rings. The van der Waals surface area contributed by atoms with E-state index in [-0.39, 0.29) is 0 Å². The first-order valence-electron chi connectivity index (χ1n) is 9.86. The molecule has 5 nitrogen and oxygen atoms in total. The maximum atomic E-state index is 6.12. The number of anilines is 1. The number of rotatable bonds is 8. The summed E-state index contributed by atoms with van der Waals surface area (Å²) in [6.07, 6.45) is 2.41. The molecule has 0 aliphatic carbocycles. The third-order valence-electron chi connectivity index (χ3n) is 5.04. The number of aliphatic imine (C=N–C) groups is 1. The van der Waals surface area contributed by atoms with Crippen LogP contribution in [0.15, 0.2) is 29.3 Å². The van der Waals surface area contributed by atoms with Crippen LogP contribution in [-0.4, -0.2) is 75.2 Å². The lowest BCUT2D eigenvalue weighted by atomic mass is 10.2. The number of guanidine groups is 1. The molecule has 1 N–H and O–H groups in total. The molecule has 26 heavy (non-hydrogen) atoms. The Kier molecular flexibility index (Phi) is 9.06. The van der Waals surface area contributed by atoms with Gasteiger partial charge in [-0.1, -0.05) is 31.5 Å². The Morgan fingerprint density at radius 2 is 1.88 bits per heavy atom. The lowest BCUT2D eigenvalue weighted by Gasteiger charge is -2.37. The fourth-order valence-electron chi connectivity index (χ4n) is 3.38. The van der Waals surface area contributed by atoms with Crippen LogP contribution < -0.4 is 10.2 Å². The highest BCUT2D eigenvalue weighted by Gasteiger charge is 2.19. The van der Waals surface area contributed by atoms with Gasteiger partial charge in [0.15, 0.2) is 5.96 Å². The van der Waals surface area contributed by atoms with Gasteiger partial charge in [0.25, 0.3) is 0 Å². The van der Waals surface area contributed by atoms with Crippen LogP contribution in [0, 0.1) is 0 Å². The summed E-state index contributed by atoms with van der Waals surface area (Å²) in [5, 5.41) is 4.33. The molecule has 2 rings (SSSR count). The summed E-state index contributed by atoms with van der Waals surface area (Å²) in [6.45, 7) is 12.8. The summed E-state index contributed by atoms with van der Waals surface area (Å²) in [7, 11) is 1.88. The van der Waals surface area contributed by atoms with E-state index in [4.69, 9.17) is 11.6 Å². The van der Waals surface area contributed by atoms with Crippen LogP contribution in [0.2, 0.25) is 5.02 Å². The van der Waals surface area contributed by atoms with Crippen molar-refractivity contribution in [2.75, 3.05) is 64.3 Å². The fraction of sp³-hybridized carbons (Fsp3) is 0.650. The van der Waals surface area contributed by atoms with E-state index in [1.165, 1.54) is 25.1 Å². The van der Waals surface area contributed by atoms with E-state index in [9.17, 15) is 0 Å². The van der Waals surface area contributed by atoms with E-state index in [1.807, 2.05) is 25.2 Å².